The Balaban J connectivity index is 1.78. The molecule has 0 bridgehead atoms. The van der Waals surface area contributed by atoms with E-state index in [1.54, 1.807) is 0 Å². The number of ketones is 1. The van der Waals surface area contributed by atoms with E-state index < -0.39 is 16.8 Å². The second kappa shape index (κ2) is 9.17. The number of thioether (sulfide) groups is 1. The summed E-state index contributed by atoms with van der Waals surface area (Å²) in [5, 5.41) is -0.745. The molecule has 1 aliphatic rings. The van der Waals surface area contributed by atoms with Gasteiger partial charge in [-0.3, -0.25) is 9.59 Å². The van der Waals surface area contributed by atoms with Gasteiger partial charge in [-0.05, 0) is 49.3 Å². The van der Waals surface area contributed by atoms with Crippen LogP contribution in [0.1, 0.15) is 55.4 Å². The van der Waals surface area contributed by atoms with E-state index in [1.807, 2.05) is 30.3 Å². The highest BCUT2D eigenvalue weighted by molar-refractivity contribution is 8.00. The van der Waals surface area contributed by atoms with Crippen LogP contribution < -0.4 is 0 Å². The van der Waals surface area contributed by atoms with E-state index in [0.29, 0.717) is 18.1 Å². The molecule has 0 amide bonds. The topological polar surface area (TPSA) is 43.4 Å². The van der Waals surface area contributed by atoms with Crippen LogP contribution >= 0.6 is 11.8 Å². The summed E-state index contributed by atoms with van der Waals surface area (Å²) in [5.41, 5.74) is 3.60. The molecular weight excluding hydrogens is 380 g/mol. The first kappa shape index (κ1) is 21.6. The Bertz CT molecular complexity index is 855. The predicted octanol–water partition coefficient (Wildman–Crippen LogP) is 5.75. The number of ether oxygens (including phenoxy) is 1. The van der Waals surface area contributed by atoms with Crippen LogP contribution in [0.25, 0.3) is 0 Å². The molecule has 1 fully saturated rings. The summed E-state index contributed by atoms with van der Waals surface area (Å²) in [7, 11) is 0. The quantitative estimate of drug-likeness (QED) is 0.430. The molecule has 3 nitrogen and oxygen atoms in total. The first-order valence-electron chi connectivity index (χ1n) is 10.3. The number of aryl methyl sites for hydroxylation is 2. The molecule has 1 saturated heterocycles. The molecule has 0 saturated carbocycles. The summed E-state index contributed by atoms with van der Waals surface area (Å²) in [6.07, 6.45) is 1.82. The van der Waals surface area contributed by atoms with Crippen molar-refractivity contribution in [2.24, 2.45) is 5.92 Å². The van der Waals surface area contributed by atoms with Crippen LogP contribution in [0.15, 0.2) is 48.5 Å². The smallest absolute Gasteiger partial charge is 0.327 e. The number of Topliss-reactive ketones (excluding diaryl/α,β-unsaturated/α-hetero) is 1. The molecule has 2 atom stereocenters. The van der Waals surface area contributed by atoms with Crippen molar-refractivity contribution in [3.05, 3.63) is 70.8 Å². The van der Waals surface area contributed by atoms with E-state index >= 15 is 0 Å². The fourth-order valence-corrected chi connectivity index (χ4v) is 4.90. The third-order valence-electron chi connectivity index (χ3n) is 5.60. The lowest BCUT2D eigenvalue weighted by molar-refractivity contribution is -0.172. The van der Waals surface area contributed by atoms with Crippen molar-refractivity contribution in [1.82, 2.24) is 0 Å². The second-order valence-electron chi connectivity index (χ2n) is 8.48. The van der Waals surface area contributed by atoms with E-state index in [-0.39, 0.29) is 12.2 Å². The maximum Gasteiger partial charge on any atom is 0.327 e. The Hall–Kier alpha value is -2.07. The van der Waals surface area contributed by atoms with Crippen LogP contribution in [-0.2, 0) is 25.7 Å². The zero-order chi connectivity index (χ0) is 21.0. The molecule has 2 unspecified atom stereocenters. The highest BCUT2D eigenvalue weighted by atomic mass is 32.2. The summed E-state index contributed by atoms with van der Waals surface area (Å²) in [4.78, 5) is 26.0. The fraction of sp³-hybridized carbons (Fsp3) is 0.440. The van der Waals surface area contributed by atoms with Gasteiger partial charge >= 0.3 is 5.97 Å². The first-order valence-corrected chi connectivity index (χ1v) is 11.3. The lowest BCUT2D eigenvalue weighted by atomic mass is 9.80. The summed E-state index contributed by atoms with van der Waals surface area (Å²) < 4.78 is 6.06. The van der Waals surface area contributed by atoms with Gasteiger partial charge in [0.05, 0.1) is 6.42 Å². The third-order valence-corrected chi connectivity index (χ3v) is 6.86. The number of esters is 1. The maximum absolute atomic E-state index is 13.1. The first-order chi connectivity index (χ1) is 13.8. The van der Waals surface area contributed by atoms with Gasteiger partial charge < -0.3 is 4.74 Å². The van der Waals surface area contributed by atoms with Crippen molar-refractivity contribution in [1.29, 1.82) is 0 Å². The van der Waals surface area contributed by atoms with E-state index in [1.165, 1.54) is 22.9 Å². The molecule has 1 heterocycles. The largest absolute Gasteiger partial charge is 0.453 e. The van der Waals surface area contributed by atoms with Crippen LogP contribution in [0.3, 0.4) is 0 Å². The number of carbonyl (C=O) groups is 2. The van der Waals surface area contributed by atoms with Crippen LogP contribution in [0.4, 0.5) is 0 Å². The average Bonchev–Trinajstić information content (AvgIpc) is 2.69. The molecule has 154 valence electrons. The Morgan fingerprint density at radius 2 is 1.83 bits per heavy atom. The highest BCUT2D eigenvalue weighted by Crippen LogP contribution is 2.42. The Kier molecular flexibility index (Phi) is 6.84. The molecule has 0 radical (unpaired) electrons. The average molecular weight is 411 g/mol. The maximum atomic E-state index is 13.1. The molecule has 3 rings (SSSR count). The van der Waals surface area contributed by atoms with Gasteiger partial charge in [0, 0.05) is 5.75 Å². The highest BCUT2D eigenvalue weighted by Gasteiger charge is 2.48. The van der Waals surface area contributed by atoms with Crippen LogP contribution in [0, 0.1) is 19.8 Å². The second-order valence-corrected chi connectivity index (χ2v) is 9.57. The lowest BCUT2D eigenvalue weighted by Crippen LogP contribution is -2.47. The molecule has 4 heteroatoms. The predicted molar refractivity (Wildman–Crippen MR) is 119 cm³/mol. The van der Waals surface area contributed by atoms with E-state index in [0.717, 1.165) is 17.5 Å². The number of benzene rings is 2. The SMILES string of the molecule is Cc1ccc(C)c(CSC2C(=O)CC(CCC(C)C)(c3ccccc3)OC2=O)c1. The molecule has 1 aliphatic heterocycles. The Labute approximate surface area is 178 Å². The summed E-state index contributed by atoms with van der Waals surface area (Å²) in [6, 6.07) is 16.0. The molecule has 2 aromatic rings. The molecule has 2 aromatic carbocycles. The zero-order valence-corrected chi connectivity index (χ0v) is 18.6. The van der Waals surface area contributed by atoms with E-state index in [2.05, 4.69) is 45.9 Å². The van der Waals surface area contributed by atoms with Crippen LogP contribution in [0.5, 0.6) is 0 Å². The van der Waals surface area contributed by atoms with Crippen molar-refractivity contribution in [2.75, 3.05) is 0 Å². The molecule has 0 aromatic heterocycles. The van der Waals surface area contributed by atoms with Crippen molar-refractivity contribution in [3.63, 3.8) is 0 Å². The van der Waals surface area contributed by atoms with Crippen molar-refractivity contribution < 1.29 is 14.3 Å². The number of hydrogen-bond acceptors (Lipinski definition) is 4. The minimum absolute atomic E-state index is 0.0239. The number of hydrogen-bond donors (Lipinski definition) is 0. The standard InChI is InChI=1S/C25H30O3S/c1-17(2)12-13-25(21-8-6-5-7-9-21)15-22(26)23(24(27)28-25)29-16-20-14-18(3)10-11-19(20)4/h5-11,14,17,23H,12-13,15-16H2,1-4H3. The zero-order valence-electron chi connectivity index (χ0n) is 17.7. The van der Waals surface area contributed by atoms with Gasteiger partial charge in [0.25, 0.3) is 0 Å². The minimum Gasteiger partial charge on any atom is -0.453 e. The summed E-state index contributed by atoms with van der Waals surface area (Å²) >= 11 is 1.39. The lowest BCUT2D eigenvalue weighted by Gasteiger charge is -2.39. The van der Waals surface area contributed by atoms with Gasteiger partial charge in [-0.25, -0.2) is 0 Å². The number of carbonyl (C=O) groups excluding carboxylic acids is 2. The van der Waals surface area contributed by atoms with E-state index in [9.17, 15) is 9.59 Å². The van der Waals surface area contributed by atoms with E-state index in [4.69, 9.17) is 4.74 Å². The Morgan fingerprint density at radius 3 is 2.48 bits per heavy atom. The van der Waals surface area contributed by atoms with Crippen molar-refractivity contribution in [2.45, 2.75) is 63.6 Å². The van der Waals surface area contributed by atoms with Crippen molar-refractivity contribution >= 4 is 23.5 Å². The normalized spacial score (nSPS) is 22.0. The molecule has 0 N–H and O–H groups in total. The third kappa shape index (κ3) is 5.11. The van der Waals surface area contributed by atoms with Gasteiger partial charge in [0.2, 0.25) is 0 Å². The molecule has 29 heavy (non-hydrogen) atoms. The number of rotatable bonds is 7. The number of cyclic esters (lactones) is 1. The molecule has 0 spiro atoms. The van der Waals surface area contributed by atoms with Crippen LogP contribution in [-0.4, -0.2) is 17.0 Å². The molecular formula is C25H30O3S. The minimum atomic E-state index is -0.837. The van der Waals surface area contributed by atoms with Gasteiger partial charge in [-0.1, -0.05) is 67.9 Å². The van der Waals surface area contributed by atoms with Crippen LogP contribution in [0.2, 0.25) is 0 Å². The van der Waals surface area contributed by atoms with Gasteiger partial charge in [0.15, 0.2) is 11.0 Å². The van der Waals surface area contributed by atoms with Crippen molar-refractivity contribution in [3.8, 4) is 0 Å². The summed E-state index contributed by atoms with van der Waals surface area (Å²) in [6.45, 7) is 8.40. The van der Waals surface area contributed by atoms with Gasteiger partial charge in [0.1, 0.15) is 5.60 Å². The monoisotopic (exact) mass is 410 g/mol. The Morgan fingerprint density at radius 1 is 1.10 bits per heavy atom. The summed E-state index contributed by atoms with van der Waals surface area (Å²) in [5.74, 6) is 0.678. The molecule has 0 aliphatic carbocycles. The fourth-order valence-electron chi connectivity index (χ4n) is 3.79. The van der Waals surface area contributed by atoms with Gasteiger partial charge in [-0.15, -0.1) is 11.8 Å². The van der Waals surface area contributed by atoms with Gasteiger partial charge in [-0.2, -0.15) is 0 Å².